The van der Waals surface area contributed by atoms with Gasteiger partial charge in [-0.3, -0.25) is 4.79 Å². The first-order valence-electron chi connectivity index (χ1n) is 7.26. The molecule has 1 aromatic heterocycles. The first-order chi connectivity index (χ1) is 10.2. The Morgan fingerprint density at radius 2 is 2.14 bits per heavy atom. The number of aryl methyl sites for hydroxylation is 1. The highest BCUT2D eigenvalue weighted by atomic mass is 16.2. The summed E-state index contributed by atoms with van der Waals surface area (Å²) in [5.74, 6) is 0.743. The molecule has 0 radical (unpaired) electrons. The van der Waals surface area contributed by atoms with Crippen LogP contribution < -0.4 is 10.2 Å². The van der Waals surface area contributed by atoms with Gasteiger partial charge >= 0.3 is 0 Å². The van der Waals surface area contributed by atoms with Gasteiger partial charge in [-0.25, -0.2) is 4.98 Å². The summed E-state index contributed by atoms with van der Waals surface area (Å²) in [6.45, 7) is 2.11. The van der Waals surface area contributed by atoms with E-state index in [1.165, 1.54) is 5.56 Å². The number of hydrogen-bond acceptors (Lipinski definition) is 3. The molecule has 0 fully saturated rings. The number of rotatable bonds is 2. The maximum atomic E-state index is 12.9. The molecule has 1 amide bonds. The molecule has 1 N–H and O–H groups in total. The summed E-state index contributed by atoms with van der Waals surface area (Å²) >= 11 is 0. The number of nitrogens with one attached hydrogen (secondary N) is 1. The van der Waals surface area contributed by atoms with Gasteiger partial charge in [0.25, 0.3) is 5.91 Å². The number of benzene rings is 1. The molecular weight excluding hydrogens is 262 g/mol. The normalized spacial score (nSPS) is 17.2. The molecule has 0 saturated heterocycles. The smallest absolute Gasteiger partial charge is 0.258 e. The fraction of sp³-hybridized carbons (Fsp3) is 0.294. The van der Waals surface area contributed by atoms with E-state index in [2.05, 4.69) is 23.3 Å². The molecule has 4 heteroatoms. The summed E-state index contributed by atoms with van der Waals surface area (Å²) in [6, 6.07) is 11.9. The lowest BCUT2D eigenvalue weighted by Gasteiger charge is -2.35. The second kappa shape index (κ2) is 5.56. The van der Waals surface area contributed by atoms with Crippen molar-refractivity contribution in [3.05, 3.63) is 53.7 Å². The molecule has 2 heterocycles. The third-order valence-electron chi connectivity index (χ3n) is 4.01. The highest BCUT2D eigenvalue weighted by Gasteiger charge is 2.28. The number of nitrogens with zero attached hydrogens (tertiary/aromatic N) is 2. The fourth-order valence-electron chi connectivity index (χ4n) is 2.84. The number of carbonyl (C=O) groups excluding carboxylic acids is 1. The Bertz CT molecular complexity index is 669. The monoisotopic (exact) mass is 281 g/mol. The first kappa shape index (κ1) is 13.6. The number of para-hydroxylation sites is 1. The van der Waals surface area contributed by atoms with Crippen LogP contribution in [0.25, 0.3) is 0 Å². The van der Waals surface area contributed by atoms with Gasteiger partial charge in [0, 0.05) is 30.5 Å². The van der Waals surface area contributed by atoms with Crippen LogP contribution in [0.1, 0.15) is 29.3 Å². The molecule has 4 nitrogen and oxygen atoms in total. The molecule has 108 valence electrons. The third-order valence-corrected chi connectivity index (χ3v) is 4.01. The van der Waals surface area contributed by atoms with Gasteiger partial charge in [0.05, 0.1) is 0 Å². The average molecular weight is 281 g/mol. The summed E-state index contributed by atoms with van der Waals surface area (Å²) in [7, 11) is 1.80. The number of aromatic nitrogens is 1. The van der Waals surface area contributed by atoms with E-state index in [1.807, 2.05) is 23.1 Å². The van der Waals surface area contributed by atoms with Crippen LogP contribution >= 0.6 is 0 Å². The van der Waals surface area contributed by atoms with Crippen LogP contribution in [0, 0.1) is 0 Å². The predicted molar refractivity (Wildman–Crippen MR) is 84.8 cm³/mol. The lowest BCUT2D eigenvalue weighted by molar-refractivity contribution is 0.0975. The molecule has 21 heavy (non-hydrogen) atoms. The quantitative estimate of drug-likeness (QED) is 0.920. The summed E-state index contributed by atoms with van der Waals surface area (Å²) < 4.78 is 0. The highest BCUT2D eigenvalue weighted by Crippen LogP contribution is 2.31. The molecular formula is C17H19N3O. The van der Waals surface area contributed by atoms with E-state index in [1.54, 1.807) is 25.4 Å². The van der Waals surface area contributed by atoms with Crippen molar-refractivity contribution in [1.82, 2.24) is 4.98 Å². The van der Waals surface area contributed by atoms with E-state index in [-0.39, 0.29) is 11.9 Å². The van der Waals surface area contributed by atoms with E-state index in [0.29, 0.717) is 11.4 Å². The number of fused-ring (bicyclic) bond motifs is 1. The van der Waals surface area contributed by atoms with Crippen LogP contribution in [-0.2, 0) is 6.42 Å². The standard InChI is InChI=1S/C17H19N3O/c1-12-7-8-13-5-3-4-6-15(13)20(12)17(21)14-9-10-19-16(11-14)18-2/h3-6,9-12H,7-8H2,1-2H3,(H,18,19). The largest absolute Gasteiger partial charge is 0.373 e. The highest BCUT2D eigenvalue weighted by molar-refractivity contribution is 6.07. The Morgan fingerprint density at radius 1 is 1.33 bits per heavy atom. The zero-order valence-corrected chi connectivity index (χ0v) is 12.3. The molecule has 0 aliphatic carbocycles. The molecule has 1 unspecified atom stereocenters. The van der Waals surface area contributed by atoms with Crippen LogP contribution in [0.4, 0.5) is 11.5 Å². The molecule has 2 aromatic rings. The van der Waals surface area contributed by atoms with Crippen molar-refractivity contribution < 1.29 is 4.79 Å². The number of pyridine rings is 1. The van der Waals surface area contributed by atoms with Gasteiger partial charge in [0.1, 0.15) is 5.82 Å². The molecule has 0 saturated carbocycles. The van der Waals surface area contributed by atoms with E-state index in [4.69, 9.17) is 0 Å². The number of anilines is 2. The maximum absolute atomic E-state index is 12.9. The van der Waals surface area contributed by atoms with Crippen LogP contribution in [0.2, 0.25) is 0 Å². The van der Waals surface area contributed by atoms with Crippen molar-refractivity contribution in [1.29, 1.82) is 0 Å². The number of carbonyl (C=O) groups is 1. The Kier molecular flexibility index (Phi) is 3.60. The van der Waals surface area contributed by atoms with Crippen LogP contribution in [0.3, 0.4) is 0 Å². The van der Waals surface area contributed by atoms with Crippen molar-refractivity contribution in [2.24, 2.45) is 0 Å². The summed E-state index contributed by atoms with van der Waals surface area (Å²) in [5.41, 5.74) is 2.94. The van der Waals surface area contributed by atoms with Gasteiger partial charge in [-0.1, -0.05) is 18.2 Å². The number of amides is 1. The Labute approximate surface area is 124 Å². The summed E-state index contributed by atoms with van der Waals surface area (Å²) in [5, 5.41) is 2.97. The van der Waals surface area contributed by atoms with Crippen LogP contribution in [0.15, 0.2) is 42.6 Å². The number of hydrogen-bond donors (Lipinski definition) is 1. The van der Waals surface area contributed by atoms with Gasteiger partial charge < -0.3 is 10.2 Å². The minimum absolute atomic E-state index is 0.0357. The lowest BCUT2D eigenvalue weighted by Crippen LogP contribution is -2.42. The van der Waals surface area contributed by atoms with E-state index in [9.17, 15) is 4.79 Å². The summed E-state index contributed by atoms with van der Waals surface area (Å²) in [6.07, 6.45) is 3.69. The lowest BCUT2D eigenvalue weighted by atomic mass is 9.96. The van der Waals surface area contributed by atoms with Gasteiger partial charge in [0.2, 0.25) is 0 Å². The van der Waals surface area contributed by atoms with Crippen molar-refractivity contribution >= 4 is 17.4 Å². The molecule has 1 aliphatic rings. The average Bonchev–Trinajstić information content (AvgIpc) is 2.54. The minimum Gasteiger partial charge on any atom is -0.373 e. The van der Waals surface area contributed by atoms with Crippen molar-refractivity contribution in [2.45, 2.75) is 25.8 Å². The Morgan fingerprint density at radius 3 is 2.95 bits per heavy atom. The Balaban J connectivity index is 2.00. The molecule has 1 atom stereocenters. The fourth-order valence-corrected chi connectivity index (χ4v) is 2.84. The van der Waals surface area contributed by atoms with Gasteiger partial charge in [-0.2, -0.15) is 0 Å². The predicted octanol–water partition coefficient (Wildman–Crippen LogP) is 3.10. The zero-order chi connectivity index (χ0) is 14.8. The molecule has 0 spiro atoms. The van der Waals surface area contributed by atoms with Crippen LogP contribution in [0.5, 0.6) is 0 Å². The second-order valence-electron chi connectivity index (χ2n) is 5.37. The van der Waals surface area contributed by atoms with Crippen molar-refractivity contribution in [3.8, 4) is 0 Å². The van der Waals surface area contributed by atoms with Gasteiger partial charge in [0.15, 0.2) is 0 Å². The third kappa shape index (κ3) is 2.49. The van der Waals surface area contributed by atoms with Gasteiger partial charge in [-0.05, 0) is 43.5 Å². The SMILES string of the molecule is CNc1cc(C(=O)N2c3ccccc3CCC2C)ccn1. The zero-order valence-electron chi connectivity index (χ0n) is 12.3. The van der Waals surface area contributed by atoms with Crippen molar-refractivity contribution in [2.75, 3.05) is 17.3 Å². The van der Waals surface area contributed by atoms with Gasteiger partial charge in [-0.15, -0.1) is 0 Å². The first-order valence-corrected chi connectivity index (χ1v) is 7.26. The Hall–Kier alpha value is -2.36. The minimum atomic E-state index is 0.0357. The van der Waals surface area contributed by atoms with Crippen LogP contribution in [-0.4, -0.2) is 24.0 Å². The summed E-state index contributed by atoms with van der Waals surface area (Å²) in [4.78, 5) is 19.0. The van der Waals surface area contributed by atoms with E-state index in [0.717, 1.165) is 18.5 Å². The molecule has 1 aromatic carbocycles. The molecule has 0 bridgehead atoms. The second-order valence-corrected chi connectivity index (χ2v) is 5.37. The van der Waals surface area contributed by atoms with E-state index < -0.39 is 0 Å². The molecule has 3 rings (SSSR count). The van der Waals surface area contributed by atoms with E-state index >= 15 is 0 Å². The molecule has 1 aliphatic heterocycles. The van der Waals surface area contributed by atoms with Crippen molar-refractivity contribution in [3.63, 3.8) is 0 Å². The maximum Gasteiger partial charge on any atom is 0.258 e. The topological polar surface area (TPSA) is 45.2 Å².